The predicted octanol–water partition coefficient (Wildman–Crippen LogP) is 3.88. The number of nitrogens with one attached hydrogen (secondary N) is 1. The highest BCUT2D eigenvalue weighted by molar-refractivity contribution is 5.56. The lowest BCUT2D eigenvalue weighted by molar-refractivity contribution is 0.208. The van der Waals surface area contributed by atoms with Gasteiger partial charge in [0.05, 0.1) is 6.10 Å². The molecule has 2 heteroatoms. The molecule has 0 aromatic heterocycles. The fraction of sp³-hybridized carbons (Fsp3) is 0.500. The highest BCUT2D eigenvalue weighted by Crippen LogP contribution is 2.21. The van der Waals surface area contributed by atoms with Crippen molar-refractivity contribution in [1.82, 2.24) is 5.32 Å². The summed E-state index contributed by atoms with van der Waals surface area (Å²) >= 11 is 0. The SMILES string of the molecule is CC=Cc1ccccc1OC(C)CCNC(C)C. The third-order valence-electron chi connectivity index (χ3n) is 2.70. The van der Waals surface area contributed by atoms with E-state index in [0.29, 0.717) is 6.04 Å². The van der Waals surface area contributed by atoms with Crippen molar-refractivity contribution in [1.29, 1.82) is 0 Å². The Hall–Kier alpha value is -1.28. The fourth-order valence-corrected chi connectivity index (χ4v) is 1.76. The molecule has 1 rings (SSSR count). The Balaban J connectivity index is 2.50. The van der Waals surface area contributed by atoms with Crippen LogP contribution in [0, 0.1) is 0 Å². The Morgan fingerprint density at radius 1 is 1.22 bits per heavy atom. The predicted molar refractivity (Wildman–Crippen MR) is 79.0 cm³/mol. The number of hydrogen-bond acceptors (Lipinski definition) is 2. The number of para-hydroxylation sites is 1. The van der Waals surface area contributed by atoms with Gasteiger partial charge in [0.15, 0.2) is 0 Å². The third kappa shape index (κ3) is 5.37. The number of allylic oxidation sites excluding steroid dienone is 1. The monoisotopic (exact) mass is 247 g/mol. The van der Waals surface area contributed by atoms with E-state index in [4.69, 9.17) is 4.74 Å². The summed E-state index contributed by atoms with van der Waals surface area (Å²) in [5, 5.41) is 3.41. The molecule has 0 saturated heterocycles. The van der Waals surface area contributed by atoms with Gasteiger partial charge in [-0.05, 0) is 32.9 Å². The van der Waals surface area contributed by atoms with Crippen LogP contribution in [-0.4, -0.2) is 18.7 Å². The summed E-state index contributed by atoms with van der Waals surface area (Å²) in [5.74, 6) is 0.965. The van der Waals surface area contributed by atoms with E-state index in [0.717, 1.165) is 24.3 Å². The van der Waals surface area contributed by atoms with Crippen LogP contribution >= 0.6 is 0 Å². The molecule has 1 aromatic rings. The van der Waals surface area contributed by atoms with E-state index in [1.165, 1.54) is 0 Å². The second-order valence-electron chi connectivity index (χ2n) is 4.86. The van der Waals surface area contributed by atoms with Crippen molar-refractivity contribution in [2.45, 2.75) is 46.3 Å². The van der Waals surface area contributed by atoms with Gasteiger partial charge in [-0.15, -0.1) is 0 Å². The first-order valence-corrected chi connectivity index (χ1v) is 6.75. The maximum absolute atomic E-state index is 5.99. The molecule has 18 heavy (non-hydrogen) atoms. The normalized spacial score (nSPS) is 13.2. The second kappa shape index (κ2) is 7.93. The zero-order chi connectivity index (χ0) is 13.4. The minimum absolute atomic E-state index is 0.225. The van der Waals surface area contributed by atoms with E-state index in [9.17, 15) is 0 Å². The quantitative estimate of drug-likeness (QED) is 0.789. The Bertz CT molecular complexity index is 371. The molecule has 0 amide bonds. The van der Waals surface area contributed by atoms with Crippen LogP contribution in [0.15, 0.2) is 30.3 Å². The topological polar surface area (TPSA) is 21.3 Å². The first-order chi connectivity index (χ1) is 8.63. The van der Waals surface area contributed by atoms with Crippen LogP contribution in [0.25, 0.3) is 6.08 Å². The Kier molecular flexibility index (Phi) is 6.51. The lowest BCUT2D eigenvalue weighted by Gasteiger charge is -2.17. The Morgan fingerprint density at radius 3 is 2.61 bits per heavy atom. The molecule has 0 aliphatic rings. The van der Waals surface area contributed by atoms with Gasteiger partial charge in [-0.1, -0.05) is 44.2 Å². The van der Waals surface area contributed by atoms with Crippen molar-refractivity contribution in [3.63, 3.8) is 0 Å². The summed E-state index contributed by atoms with van der Waals surface area (Å²) in [6.45, 7) is 9.45. The zero-order valence-corrected chi connectivity index (χ0v) is 11.9. The maximum Gasteiger partial charge on any atom is 0.126 e. The standard InChI is InChI=1S/C16H25NO/c1-5-8-15-9-6-7-10-16(15)18-14(4)11-12-17-13(2)3/h5-10,13-14,17H,11-12H2,1-4H3. The van der Waals surface area contributed by atoms with E-state index in [-0.39, 0.29) is 6.10 Å². The number of rotatable bonds is 7. The molecule has 1 atom stereocenters. The van der Waals surface area contributed by atoms with Crippen molar-refractivity contribution in [2.75, 3.05) is 6.54 Å². The summed E-state index contributed by atoms with van der Waals surface area (Å²) in [5.41, 5.74) is 1.14. The van der Waals surface area contributed by atoms with E-state index in [1.54, 1.807) is 0 Å². The lowest BCUT2D eigenvalue weighted by Crippen LogP contribution is -2.27. The molecule has 0 spiro atoms. The van der Waals surface area contributed by atoms with Crippen LogP contribution in [0.4, 0.5) is 0 Å². The molecule has 0 heterocycles. The zero-order valence-electron chi connectivity index (χ0n) is 11.9. The Labute approximate surface area is 111 Å². The van der Waals surface area contributed by atoms with Crippen LogP contribution in [0.3, 0.4) is 0 Å². The van der Waals surface area contributed by atoms with Gasteiger partial charge < -0.3 is 10.1 Å². The molecule has 0 fully saturated rings. The maximum atomic E-state index is 5.99. The summed E-state index contributed by atoms with van der Waals surface area (Å²) in [7, 11) is 0. The number of benzene rings is 1. The summed E-state index contributed by atoms with van der Waals surface area (Å²) < 4.78 is 5.99. The van der Waals surface area contributed by atoms with Gasteiger partial charge in [0.1, 0.15) is 5.75 Å². The minimum Gasteiger partial charge on any atom is -0.490 e. The number of hydrogen-bond donors (Lipinski definition) is 1. The number of ether oxygens (including phenoxy) is 1. The summed E-state index contributed by atoms with van der Waals surface area (Å²) in [6, 6.07) is 8.69. The molecular formula is C16H25NO. The summed E-state index contributed by atoms with van der Waals surface area (Å²) in [6.07, 6.45) is 5.35. The second-order valence-corrected chi connectivity index (χ2v) is 4.86. The van der Waals surface area contributed by atoms with E-state index >= 15 is 0 Å². The molecule has 0 saturated carbocycles. The van der Waals surface area contributed by atoms with Crippen LogP contribution in [-0.2, 0) is 0 Å². The van der Waals surface area contributed by atoms with Crippen LogP contribution in [0.5, 0.6) is 5.75 Å². The first-order valence-electron chi connectivity index (χ1n) is 6.75. The molecule has 0 bridgehead atoms. The molecular weight excluding hydrogens is 222 g/mol. The van der Waals surface area contributed by atoms with Crippen molar-refractivity contribution in [2.24, 2.45) is 0 Å². The average molecular weight is 247 g/mol. The van der Waals surface area contributed by atoms with Crippen molar-refractivity contribution in [3.8, 4) is 5.75 Å². The van der Waals surface area contributed by atoms with Crippen molar-refractivity contribution in [3.05, 3.63) is 35.9 Å². The van der Waals surface area contributed by atoms with Gasteiger partial charge in [-0.2, -0.15) is 0 Å². The van der Waals surface area contributed by atoms with Crippen LogP contribution < -0.4 is 10.1 Å². The summed E-state index contributed by atoms with van der Waals surface area (Å²) in [4.78, 5) is 0. The smallest absolute Gasteiger partial charge is 0.126 e. The molecule has 0 radical (unpaired) electrons. The van der Waals surface area contributed by atoms with Gasteiger partial charge in [0, 0.05) is 11.6 Å². The van der Waals surface area contributed by atoms with Gasteiger partial charge >= 0.3 is 0 Å². The highest BCUT2D eigenvalue weighted by atomic mass is 16.5. The van der Waals surface area contributed by atoms with E-state index < -0.39 is 0 Å². The largest absolute Gasteiger partial charge is 0.490 e. The van der Waals surface area contributed by atoms with Gasteiger partial charge in [0.25, 0.3) is 0 Å². The molecule has 0 aliphatic carbocycles. The average Bonchev–Trinajstić information content (AvgIpc) is 2.31. The van der Waals surface area contributed by atoms with Crippen molar-refractivity contribution < 1.29 is 4.74 Å². The Morgan fingerprint density at radius 2 is 1.94 bits per heavy atom. The molecule has 100 valence electrons. The van der Waals surface area contributed by atoms with E-state index in [1.807, 2.05) is 31.2 Å². The molecule has 1 unspecified atom stereocenters. The molecule has 1 N–H and O–H groups in total. The van der Waals surface area contributed by atoms with Crippen LogP contribution in [0.1, 0.15) is 39.7 Å². The first kappa shape index (κ1) is 14.8. The van der Waals surface area contributed by atoms with Gasteiger partial charge in [-0.3, -0.25) is 0 Å². The fourth-order valence-electron chi connectivity index (χ4n) is 1.76. The lowest BCUT2D eigenvalue weighted by atomic mass is 10.2. The van der Waals surface area contributed by atoms with Crippen LogP contribution in [0.2, 0.25) is 0 Å². The highest BCUT2D eigenvalue weighted by Gasteiger charge is 2.06. The molecule has 2 nitrogen and oxygen atoms in total. The molecule has 1 aromatic carbocycles. The van der Waals surface area contributed by atoms with E-state index in [2.05, 4.69) is 38.2 Å². The van der Waals surface area contributed by atoms with Gasteiger partial charge in [0.2, 0.25) is 0 Å². The molecule has 0 aliphatic heterocycles. The van der Waals surface area contributed by atoms with Crippen molar-refractivity contribution >= 4 is 6.08 Å². The minimum atomic E-state index is 0.225. The third-order valence-corrected chi connectivity index (χ3v) is 2.70. The van der Waals surface area contributed by atoms with Gasteiger partial charge in [-0.25, -0.2) is 0 Å².